The van der Waals surface area contributed by atoms with Crippen molar-refractivity contribution in [2.75, 3.05) is 0 Å². The van der Waals surface area contributed by atoms with Gasteiger partial charge in [-0.1, -0.05) is 104 Å². The van der Waals surface area contributed by atoms with Crippen LogP contribution in [0.25, 0.3) is 43.1 Å². The van der Waals surface area contributed by atoms with E-state index < -0.39 is 0 Å². The Bertz CT molecular complexity index is 1460. The fourth-order valence-corrected chi connectivity index (χ4v) is 6.30. The lowest BCUT2D eigenvalue weighted by atomic mass is 9.73. The predicted molar refractivity (Wildman–Crippen MR) is 144 cm³/mol. The van der Waals surface area contributed by atoms with Crippen LogP contribution in [0.3, 0.4) is 0 Å². The van der Waals surface area contributed by atoms with E-state index in [1.54, 1.807) is 16.7 Å². The zero-order valence-corrected chi connectivity index (χ0v) is 20.9. The van der Waals surface area contributed by atoms with Gasteiger partial charge in [0.1, 0.15) is 0 Å². The Labute approximate surface area is 193 Å². The molecule has 0 bridgehead atoms. The third-order valence-electron chi connectivity index (χ3n) is 7.42. The first-order valence-corrected chi connectivity index (χ1v) is 12.4. The molecule has 0 spiro atoms. The second-order valence-electron chi connectivity index (χ2n) is 10.9. The number of benzene rings is 5. The van der Waals surface area contributed by atoms with Crippen molar-refractivity contribution >= 4 is 43.1 Å². The highest BCUT2D eigenvalue weighted by Crippen LogP contribution is 2.50. The summed E-state index contributed by atoms with van der Waals surface area (Å²) in [6.45, 7) is 19.0. The Kier molecular flexibility index (Phi) is 4.97. The summed E-state index contributed by atoms with van der Waals surface area (Å²) in [5.74, 6) is 1.94. The summed E-state index contributed by atoms with van der Waals surface area (Å²) >= 11 is 0. The Morgan fingerprint density at radius 1 is 0.406 bits per heavy atom. The smallest absolute Gasteiger partial charge is 0.00175 e. The maximum absolute atomic E-state index is 2.42. The largest absolute Gasteiger partial charge is 0.0610 e. The van der Waals surface area contributed by atoms with Crippen LogP contribution in [-0.2, 0) is 0 Å². The molecule has 0 atom stereocenters. The lowest BCUT2D eigenvalue weighted by Crippen LogP contribution is -2.10. The number of rotatable bonds is 4. The maximum atomic E-state index is 2.42. The van der Waals surface area contributed by atoms with Crippen molar-refractivity contribution in [1.82, 2.24) is 0 Å². The minimum Gasteiger partial charge on any atom is -0.0610 e. The topological polar surface area (TPSA) is 0 Å². The molecule has 0 aliphatic heterocycles. The van der Waals surface area contributed by atoms with Gasteiger partial charge in [0.2, 0.25) is 0 Å². The highest BCUT2D eigenvalue weighted by molar-refractivity contribution is 6.34. The summed E-state index contributed by atoms with van der Waals surface area (Å²) in [6.07, 6.45) is 0. The summed E-state index contributed by atoms with van der Waals surface area (Å²) in [4.78, 5) is 0. The number of hydrogen-bond donors (Lipinski definition) is 0. The van der Waals surface area contributed by atoms with Crippen molar-refractivity contribution in [3.05, 3.63) is 70.8 Å². The quantitative estimate of drug-likeness (QED) is 0.200. The first-order chi connectivity index (χ1) is 15.2. The van der Waals surface area contributed by atoms with Crippen molar-refractivity contribution in [3.63, 3.8) is 0 Å². The van der Waals surface area contributed by atoms with Gasteiger partial charge in [-0.25, -0.2) is 0 Å². The molecular weight excluding hydrogens is 384 g/mol. The van der Waals surface area contributed by atoms with E-state index in [2.05, 4.69) is 104 Å². The molecule has 0 heteroatoms. The van der Waals surface area contributed by atoms with Crippen molar-refractivity contribution < 1.29 is 0 Å². The molecule has 0 aliphatic carbocycles. The molecule has 0 nitrogen and oxygen atoms in total. The highest BCUT2D eigenvalue weighted by Gasteiger charge is 2.27. The molecule has 0 saturated carbocycles. The van der Waals surface area contributed by atoms with Crippen molar-refractivity contribution in [3.8, 4) is 0 Å². The molecule has 0 N–H and O–H groups in total. The fraction of sp³-hybridized carbons (Fsp3) is 0.375. The van der Waals surface area contributed by atoms with Gasteiger partial charge in [-0.3, -0.25) is 0 Å². The fourth-order valence-electron chi connectivity index (χ4n) is 6.30. The second kappa shape index (κ2) is 7.48. The summed E-state index contributed by atoms with van der Waals surface area (Å²) in [6, 6.07) is 18.6. The SMILES string of the molecule is CC(C)c1c(C(C)C)c2c(C(C)C)ccc3c4cccc5cccc(c(c1C(C)C)c23)c54. The molecule has 0 saturated heterocycles. The van der Waals surface area contributed by atoms with Gasteiger partial charge in [-0.2, -0.15) is 0 Å². The van der Waals surface area contributed by atoms with E-state index in [4.69, 9.17) is 0 Å². The zero-order valence-electron chi connectivity index (χ0n) is 20.9. The molecule has 0 aliphatic rings. The van der Waals surface area contributed by atoms with Gasteiger partial charge < -0.3 is 0 Å². The molecule has 5 rings (SSSR count). The summed E-state index contributed by atoms with van der Waals surface area (Å²) in [7, 11) is 0. The molecule has 0 aromatic heterocycles. The lowest BCUT2D eigenvalue weighted by molar-refractivity contribution is 0.757. The predicted octanol–water partition coefficient (Wildman–Crippen LogP) is 10.2. The van der Waals surface area contributed by atoms with Crippen LogP contribution < -0.4 is 0 Å². The second-order valence-corrected chi connectivity index (χ2v) is 10.9. The van der Waals surface area contributed by atoms with Crippen LogP contribution in [0.1, 0.15) is 101 Å². The van der Waals surface area contributed by atoms with E-state index in [1.807, 2.05) is 0 Å². The minimum absolute atomic E-state index is 0.473. The van der Waals surface area contributed by atoms with Crippen molar-refractivity contribution in [2.45, 2.75) is 79.1 Å². The van der Waals surface area contributed by atoms with Crippen LogP contribution in [0.15, 0.2) is 48.5 Å². The Balaban J connectivity index is 2.27. The highest BCUT2D eigenvalue weighted by atomic mass is 14.3. The van der Waals surface area contributed by atoms with E-state index >= 15 is 0 Å². The van der Waals surface area contributed by atoms with E-state index in [-0.39, 0.29) is 0 Å². The maximum Gasteiger partial charge on any atom is -0.00175 e. The first kappa shape index (κ1) is 21.3. The van der Waals surface area contributed by atoms with Gasteiger partial charge >= 0.3 is 0 Å². The van der Waals surface area contributed by atoms with E-state index in [0.717, 1.165) is 0 Å². The van der Waals surface area contributed by atoms with E-state index in [0.29, 0.717) is 23.7 Å². The standard InChI is InChI=1S/C32H36/c1-17(2)22-15-16-24-23-13-9-11-21-12-10-14-25(29(21)23)32-28(20(7)8)26(18(3)4)27(19(5)6)30(22)31(24)32/h9-20H,1-8H3. The average molecular weight is 421 g/mol. The molecule has 0 radical (unpaired) electrons. The van der Waals surface area contributed by atoms with Gasteiger partial charge in [-0.15, -0.1) is 0 Å². The van der Waals surface area contributed by atoms with E-state index in [9.17, 15) is 0 Å². The third kappa shape index (κ3) is 2.81. The van der Waals surface area contributed by atoms with Gasteiger partial charge in [0.05, 0.1) is 0 Å². The molecule has 164 valence electrons. The molecule has 0 unspecified atom stereocenters. The number of fused-ring (bicyclic) bond motifs is 2. The van der Waals surface area contributed by atoms with Gasteiger partial charge in [0.15, 0.2) is 0 Å². The lowest BCUT2D eigenvalue weighted by Gasteiger charge is -2.30. The minimum atomic E-state index is 0.473. The molecule has 5 aromatic rings. The van der Waals surface area contributed by atoms with Gasteiger partial charge in [0, 0.05) is 0 Å². The third-order valence-corrected chi connectivity index (χ3v) is 7.42. The first-order valence-electron chi connectivity index (χ1n) is 12.4. The van der Waals surface area contributed by atoms with Crippen molar-refractivity contribution in [1.29, 1.82) is 0 Å². The molecule has 5 aromatic carbocycles. The molecule has 0 heterocycles. The Morgan fingerprint density at radius 2 is 0.938 bits per heavy atom. The van der Waals surface area contributed by atoms with Crippen molar-refractivity contribution in [2.24, 2.45) is 0 Å². The normalized spacial score (nSPS) is 12.9. The van der Waals surface area contributed by atoms with Crippen LogP contribution in [0, 0.1) is 0 Å². The molecule has 32 heavy (non-hydrogen) atoms. The number of hydrogen-bond acceptors (Lipinski definition) is 0. The average Bonchev–Trinajstić information content (AvgIpc) is 2.75. The van der Waals surface area contributed by atoms with Gasteiger partial charge in [0.25, 0.3) is 0 Å². The zero-order chi connectivity index (χ0) is 22.9. The van der Waals surface area contributed by atoms with Crippen LogP contribution in [0.4, 0.5) is 0 Å². The van der Waals surface area contributed by atoms with Crippen LogP contribution in [0.5, 0.6) is 0 Å². The van der Waals surface area contributed by atoms with Gasteiger partial charge in [-0.05, 0) is 89.0 Å². The van der Waals surface area contributed by atoms with Crippen LogP contribution in [-0.4, -0.2) is 0 Å². The molecule has 0 fully saturated rings. The van der Waals surface area contributed by atoms with E-state index in [1.165, 1.54) is 48.7 Å². The molecule has 0 amide bonds. The summed E-state index contributed by atoms with van der Waals surface area (Å²) in [5.41, 5.74) is 6.24. The van der Waals surface area contributed by atoms with Crippen LogP contribution >= 0.6 is 0 Å². The molecular formula is C32H36. The Morgan fingerprint density at radius 3 is 1.50 bits per heavy atom. The monoisotopic (exact) mass is 420 g/mol. The summed E-state index contributed by atoms with van der Waals surface area (Å²) < 4.78 is 0. The summed E-state index contributed by atoms with van der Waals surface area (Å²) in [5, 5.41) is 11.6. The Hall–Kier alpha value is -2.60. The van der Waals surface area contributed by atoms with Crippen LogP contribution in [0.2, 0.25) is 0 Å².